The van der Waals surface area contributed by atoms with Crippen LogP contribution in [0.15, 0.2) is 30.5 Å². The third-order valence-electron chi connectivity index (χ3n) is 3.33. The van der Waals surface area contributed by atoms with Gasteiger partial charge in [-0.1, -0.05) is 19.9 Å². The molecule has 1 aromatic carbocycles. The van der Waals surface area contributed by atoms with Crippen molar-refractivity contribution in [1.82, 2.24) is 4.98 Å². The first-order chi connectivity index (χ1) is 9.11. The van der Waals surface area contributed by atoms with E-state index in [1.54, 1.807) is 13.3 Å². The molecule has 1 heterocycles. The number of nitrogens with zero attached hydrogens (tertiary/aromatic N) is 1. The molecule has 0 radical (unpaired) electrons. The minimum atomic E-state index is 0.114. The molecule has 0 saturated heterocycles. The second-order valence-electron chi connectivity index (χ2n) is 5.04. The summed E-state index contributed by atoms with van der Waals surface area (Å²) in [5.74, 6) is 2.13. The fourth-order valence-corrected chi connectivity index (χ4v) is 1.87. The van der Waals surface area contributed by atoms with Gasteiger partial charge in [0.2, 0.25) is 0 Å². The predicted octanol–water partition coefficient (Wildman–Crippen LogP) is 2.64. The van der Waals surface area contributed by atoms with Gasteiger partial charge in [-0.3, -0.25) is 0 Å². The average molecular weight is 259 g/mol. The van der Waals surface area contributed by atoms with Gasteiger partial charge in [-0.2, -0.15) is 0 Å². The van der Waals surface area contributed by atoms with Crippen molar-refractivity contribution in [2.75, 3.05) is 19.0 Å². The quantitative estimate of drug-likeness (QED) is 0.866. The Hall–Kier alpha value is -1.81. The van der Waals surface area contributed by atoms with Crippen LogP contribution in [0.5, 0.6) is 5.75 Å². The Bertz CT molecular complexity index is 554. The highest BCUT2D eigenvalue weighted by molar-refractivity contribution is 5.92. The van der Waals surface area contributed by atoms with Crippen LogP contribution in [-0.2, 0) is 0 Å². The van der Waals surface area contributed by atoms with E-state index in [0.717, 1.165) is 22.3 Å². The summed E-state index contributed by atoms with van der Waals surface area (Å²) < 4.78 is 5.26. The molecule has 0 saturated carbocycles. The summed E-state index contributed by atoms with van der Waals surface area (Å²) in [7, 11) is 1.67. The van der Waals surface area contributed by atoms with Gasteiger partial charge in [0.05, 0.1) is 7.11 Å². The molecule has 4 heteroatoms. The lowest BCUT2D eigenvalue weighted by atomic mass is 10.1. The number of nitrogens with two attached hydrogens (primary N) is 1. The summed E-state index contributed by atoms with van der Waals surface area (Å²) in [5.41, 5.74) is 6.05. The molecule has 0 spiro atoms. The Balaban J connectivity index is 2.27. The second-order valence-corrected chi connectivity index (χ2v) is 5.04. The van der Waals surface area contributed by atoms with Crippen LogP contribution in [0.4, 0.5) is 5.82 Å². The monoisotopic (exact) mass is 259 g/mol. The summed E-state index contributed by atoms with van der Waals surface area (Å²) in [5, 5.41) is 5.52. The lowest BCUT2D eigenvalue weighted by Gasteiger charge is -2.17. The highest BCUT2D eigenvalue weighted by Crippen LogP contribution is 2.25. The maximum Gasteiger partial charge on any atom is 0.134 e. The van der Waals surface area contributed by atoms with Gasteiger partial charge in [0.25, 0.3) is 0 Å². The largest absolute Gasteiger partial charge is 0.497 e. The number of fused-ring (bicyclic) bond motifs is 1. The Labute approximate surface area is 114 Å². The zero-order valence-electron chi connectivity index (χ0n) is 11.7. The first-order valence-corrected chi connectivity index (χ1v) is 6.54. The van der Waals surface area contributed by atoms with Crippen molar-refractivity contribution < 1.29 is 4.74 Å². The van der Waals surface area contributed by atoms with Crippen LogP contribution in [0.3, 0.4) is 0 Å². The van der Waals surface area contributed by atoms with Crippen molar-refractivity contribution in [3.63, 3.8) is 0 Å². The van der Waals surface area contributed by atoms with E-state index in [4.69, 9.17) is 10.5 Å². The molecular formula is C15H21N3O. The fraction of sp³-hybridized carbons (Fsp3) is 0.400. The van der Waals surface area contributed by atoms with Gasteiger partial charge in [0.1, 0.15) is 11.6 Å². The van der Waals surface area contributed by atoms with E-state index in [1.165, 1.54) is 0 Å². The maximum absolute atomic E-state index is 6.05. The molecule has 19 heavy (non-hydrogen) atoms. The number of hydrogen-bond acceptors (Lipinski definition) is 4. The van der Waals surface area contributed by atoms with E-state index in [2.05, 4.69) is 24.1 Å². The highest BCUT2D eigenvalue weighted by Gasteiger charge is 2.09. The summed E-state index contributed by atoms with van der Waals surface area (Å²) in [4.78, 5) is 4.39. The zero-order chi connectivity index (χ0) is 13.8. The fourth-order valence-electron chi connectivity index (χ4n) is 1.87. The van der Waals surface area contributed by atoms with E-state index < -0.39 is 0 Å². The van der Waals surface area contributed by atoms with Crippen LogP contribution >= 0.6 is 0 Å². The van der Waals surface area contributed by atoms with E-state index >= 15 is 0 Å². The number of methoxy groups -OCH3 is 1. The normalized spacial score (nSPS) is 12.7. The molecule has 1 atom stereocenters. The summed E-state index contributed by atoms with van der Waals surface area (Å²) >= 11 is 0. The Morgan fingerprint density at radius 3 is 2.79 bits per heavy atom. The minimum Gasteiger partial charge on any atom is -0.497 e. The third kappa shape index (κ3) is 3.15. The number of rotatable bonds is 5. The van der Waals surface area contributed by atoms with Crippen molar-refractivity contribution in [2.24, 2.45) is 11.7 Å². The molecule has 0 amide bonds. The van der Waals surface area contributed by atoms with Crippen LogP contribution in [0.25, 0.3) is 10.8 Å². The third-order valence-corrected chi connectivity index (χ3v) is 3.33. The molecule has 0 aliphatic heterocycles. The first kappa shape index (κ1) is 13.6. The average Bonchev–Trinajstić information content (AvgIpc) is 2.43. The topological polar surface area (TPSA) is 60.2 Å². The number of anilines is 1. The number of hydrogen-bond donors (Lipinski definition) is 2. The summed E-state index contributed by atoms with van der Waals surface area (Å²) in [6, 6.07) is 8.08. The van der Waals surface area contributed by atoms with Crippen LogP contribution in [0.2, 0.25) is 0 Å². The van der Waals surface area contributed by atoms with Crippen molar-refractivity contribution in [1.29, 1.82) is 0 Å². The molecule has 2 aromatic rings. The Morgan fingerprint density at radius 2 is 2.11 bits per heavy atom. The summed E-state index contributed by atoms with van der Waals surface area (Å²) in [6.45, 7) is 4.94. The number of benzene rings is 1. The van der Waals surface area contributed by atoms with Crippen molar-refractivity contribution in [3.8, 4) is 5.75 Å². The van der Waals surface area contributed by atoms with Gasteiger partial charge in [-0.25, -0.2) is 4.98 Å². The van der Waals surface area contributed by atoms with Crippen LogP contribution < -0.4 is 15.8 Å². The number of ether oxygens (including phenoxy) is 1. The van der Waals surface area contributed by atoms with Gasteiger partial charge < -0.3 is 15.8 Å². The molecule has 1 unspecified atom stereocenters. The van der Waals surface area contributed by atoms with Gasteiger partial charge in [-0.15, -0.1) is 0 Å². The van der Waals surface area contributed by atoms with Gasteiger partial charge >= 0.3 is 0 Å². The number of aromatic nitrogens is 1. The van der Waals surface area contributed by atoms with Crippen molar-refractivity contribution >= 4 is 16.6 Å². The number of nitrogens with one attached hydrogen (secondary N) is 1. The minimum absolute atomic E-state index is 0.114. The molecule has 0 fully saturated rings. The smallest absolute Gasteiger partial charge is 0.134 e. The molecule has 2 rings (SSSR count). The van der Waals surface area contributed by atoms with E-state index in [-0.39, 0.29) is 6.04 Å². The maximum atomic E-state index is 6.05. The molecule has 102 valence electrons. The molecular weight excluding hydrogens is 238 g/mol. The molecule has 0 aliphatic carbocycles. The molecule has 3 N–H and O–H groups in total. The van der Waals surface area contributed by atoms with E-state index in [1.807, 2.05) is 24.3 Å². The number of pyridine rings is 1. The standard InChI is InChI=1S/C15H21N3O/c1-10(2)14(16)9-18-15-13-8-12(19-3)5-4-11(13)6-7-17-15/h4-8,10,14H,9,16H2,1-3H3,(H,17,18). The Morgan fingerprint density at radius 1 is 1.32 bits per heavy atom. The molecule has 1 aromatic heterocycles. The summed E-state index contributed by atoms with van der Waals surface area (Å²) in [6.07, 6.45) is 1.80. The van der Waals surface area contributed by atoms with E-state index in [0.29, 0.717) is 12.5 Å². The van der Waals surface area contributed by atoms with Crippen LogP contribution in [0.1, 0.15) is 13.8 Å². The molecule has 0 bridgehead atoms. The SMILES string of the molecule is COc1ccc2ccnc(NCC(N)C(C)C)c2c1. The van der Waals surface area contributed by atoms with Crippen molar-refractivity contribution in [3.05, 3.63) is 30.5 Å². The second kappa shape index (κ2) is 5.89. The lowest BCUT2D eigenvalue weighted by molar-refractivity contribution is 0.415. The van der Waals surface area contributed by atoms with Gasteiger partial charge in [0.15, 0.2) is 0 Å². The van der Waals surface area contributed by atoms with E-state index in [9.17, 15) is 0 Å². The first-order valence-electron chi connectivity index (χ1n) is 6.54. The van der Waals surface area contributed by atoms with Crippen LogP contribution in [-0.4, -0.2) is 24.7 Å². The highest BCUT2D eigenvalue weighted by atomic mass is 16.5. The zero-order valence-corrected chi connectivity index (χ0v) is 11.7. The molecule has 4 nitrogen and oxygen atoms in total. The van der Waals surface area contributed by atoms with Crippen molar-refractivity contribution in [2.45, 2.75) is 19.9 Å². The molecule has 0 aliphatic rings. The Kier molecular flexibility index (Phi) is 4.22. The predicted molar refractivity (Wildman–Crippen MR) is 79.6 cm³/mol. The van der Waals surface area contributed by atoms with Gasteiger partial charge in [0, 0.05) is 24.2 Å². The van der Waals surface area contributed by atoms with Gasteiger partial charge in [-0.05, 0) is 29.5 Å². The lowest BCUT2D eigenvalue weighted by Crippen LogP contribution is -2.34. The van der Waals surface area contributed by atoms with Crippen LogP contribution in [0, 0.1) is 5.92 Å².